The van der Waals surface area contributed by atoms with Gasteiger partial charge in [0.25, 0.3) is 0 Å². The van der Waals surface area contributed by atoms with Crippen LogP contribution in [0.4, 0.5) is 17.5 Å². The van der Waals surface area contributed by atoms with E-state index in [0.717, 1.165) is 50.2 Å². The summed E-state index contributed by atoms with van der Waals surface area (Å²) >= 11 is 0. The van der Waals surface area contributed by atoms with Crippen LogP contribution in [0.1, 0.15) is 16.7 Å². The fourth-order valence-electron chi connectivity index (χ4n) is 3.61. The molecule has 154 valence electrons. The monoisotopic (exact) mass is 399 g/mol. The molecule has 0 atom stereocenters. The summed E-state index contributed by atoms with van der Waals surface area (Å²) in [6.45, 7) is 9.07. The highest BCUT2D eigenvalue weighted by Gasteiger charge is 2.18. The minimum atomic E-state index is 0.796. The maximum absolute atomic E-state index is 4.76. The van der Waals surface area contributed by atoms with Gasteiger partial charge in [0.2, 0.25) is 5.95 Å². The molecular weight excluding hydrogens is 370 g/mol. The molecule has 1 fully saturated rings. The van der Waals surface area contributed by atoms with Gasteiger partial charge in [0.15, 0.2) is 0 Å². The van der Waals surface area contributed by atoms with E-state index in [1.165, 1.54) is 16.7 Å². The second-order valence-corrected chi connectivity index (χ2v) is 7.79. The highest BCUT2D eigenvalue weighted by molar-refractivity contribution is 5.62. The summed E-state index contributed by atoms with van der Waals surface area (Å²) in [5, 5.41) is 3.45. The van der Waals surface area contributed by atoms with Crippen molar-refractivity contribution in [2.45, 2.75) is 13.8 Å². The Balaban J connectivity index is 1.33. The third-order valence-electron chi connectivity index (χ3n) is 5.43. The van der Waals surface area contributed by atoms with Crippen molar-refractivity contribution in [3.8, 4) is 0 Å². The molecule has 2 aromatic carbocycles. The fourth-order valence-corrected chi connectivity index (χ4v) is 3.61. The number of rotatable bonds is 6. The number of hydrogen-bond donors (Lipinski definition) is 1. The molecule has 0 spiro atoms. The van der Waals surface area contributed by atoms with Crippen molar-refractivity contribution in [2.24, 2.45) is 0 Å². The van der Waals surface area contributed by atoms with Gasteiger partial charge >= 0.3 is 0 Å². The molecule has 0 bridgehead atoms. The van der Waals surface area contributed by atoms with Gasteiger partial charge in [-0.2, -0.15) is 4.98 Å². The molecule has 2 heterocycles. The van der Waals surface area contributed by atoms with Crippen LogP contribution in [0, 0.1) is 13.8 Å². The lowest BCUT2D eigenvalue weighted by atomic mass is 10.1. The molecule has 1 N–H and O–H groups in total. The minimum absolute atomic E-state index is 0.796. The molecule has 1 saturated heterocycles. The number of aryl methyl sites for hydroxylation is 2. The molecule has 4 rings (SSSR count). The second kappa shape index (κ2) is 9.55. The van der Waals surface area contributed by atoms with E-state index in [4.69, 9.17) is 4.98 Å². The van der Waals surface area contributed by atoms with Crippen molar-refractivity contribution in [2.75, 3.05) is 42.9 Å². The Labute approximate surface area is 179 Å². The third-order valence-corrected chi connectivity index (χ3v) is 5.43. The molecule has 3 aromatic rings. The van der Waals surface area contributed by atoms with Gasteiger partial charge < -0.3 is 10.2 Å². The van der Waals surface area contributed by atoms with E-state index in [1.807, 2.05) is 18.3 Å². The summed E-state index contributed by atoms with van der Waals surface area (Å²) in [6.07, 6.45) is 6.28. The Morgan fingerprint density at radius 1 is 0.967 bits per heavy atom. The Hall–Kier alpha value is -3.18. The van der Waals surface area contributed by atoms with Crippen LogP contribution in [-0.4, -0.2) is 47.6 Å². The van der Waals surface area contributed by atoms with Gasteiger partial charge in [0.1, 0.15) is 5.82 Å². The second-order valence-electron chi connectivity index (χ2n) is 7.79. The predicted octanol–water partition coefficient (Wildman–Crippen LogP) is 4.67. The minimum Gasteiger partial charge on any atom is -0.340 e. The maximum atomic E-state index is 4.76. The van der Waals surface area contributed by atoms with Crippen LogP contribution in [0.25, 0.3) is 6.08 Å². The Morgan fingerprint density at radius 2 is 1.77 bits per heavy atom. The zero-order valence-electron chi connectivity index (χ0n) is 17.8. The Kier molecular flexibility index (Phi) is 6.40. The van der Waals surface area contributed by atoms with Gasteiger partial charge in [-0.3, -0.25) is 4.90 Å². The highest BCUT2D eigenvalue weighted by Crippen LogP contribution is 2.22. The Morgan fingerprint density at radius 3 is 2.57 bits per heavy atom. The van der Waals surface area contributed by atoms with Crippen molar-refractivity contribution >= 4 is 23.5 Å². The molecule has 1 aliphatic heterocycles. The number of benzene rings is 2. The zero-order valence-corrected chi connectivity index (χ0v) is 17.8. The van der Waals surface area contributed by atoms with Crippen molar-refractivity contribution in [1.82, 2.24) is 14.9 Å². The molecule has 1 aliphatic rings. The van der Waals surface area contributed by atoms with E-state index in [0.29, 0.717) is 0 Å². The number of nitrogens with one attached hydrogen (secondary N) is 1. The van der Waals surface area contributed by atoms with Crippen LogP contribution in [0.15, 0.2) is 66.9 Å². The van der Waals surface area contributed by atoms with E-state index < -0.39 is 0 Å². The average molecular weight is 400 g/mol. The third kappa shape index (κ3) is 5.24. The largest absolute Gasteiger partial charge is 0.340 e. The van der Waals surface area contributed by atoms with Crippen LogP contribution >= 0.6 is 0 Å². The van der Waals surface area contributed by atoms with Crippen molar-refractivity contribution < 1.29 is 0 Å². The fraction of sp³-hybridized carbons (Fsp3) is 0.280. The summed E-state index contributed by atoms with van der Waals surface area (Å²) in [5.41, 5.74) is 4.78. The normalized spacial score (nSPS) is 14.9. The van der Waals surface area contributed by atoms with Crippen LogP contribution in [0.2, 0.25) is 0 Å². The van der Waals surface area contributed by atoms with Crippen LogP contribution in [0.3, 0.4) is 0 Å². The first-order chi connectivity index (χ1) is 14.7. The molecular formula is C25H29N5. The van der Waals surface area contributed by atoms with Crippen molar-refractivity contribution in [1.29, 1.82) is 0 Å². The van der Waals surface area contributed by atoms with E-state index in [1.54, 1.807) is 0 Å². The molecule has 0 aliphatic carbocycles. The van der Waals surface area contributed by atoms with Gasteiger partial charge in [0.05, 0.1) is 0 Å². The number of nitrogens with zero attached hydrogens (tertiary/aromatic N) is 4. The van der Waals surface area contributed by atoms with Crippen LogP contribution in [-0.2, 0) is 0 Å². The van der Waals surface area contributed by atoms with Gasteiger partial charge in [0, 0.05) is 44.6 Å². The highest BCUT2D eigenvalue weighted by atomic mass is 15.3. The standard InChI is InChI=1S/C25H29N5/c1-20-10-11-21(2)23(19-20)27-24-12-13-26-25(28-24)30-17-15-29(16-18-30)14-6-9-22-7-4-3-5-8-22/h3-13,19H,14-18H2,1-2H3,(H,26,27,28)/b9-6+. The first-order valence-electron chi connectivity index (χ1n) is 10.5. The summed E-state index contributed by atoms with van der Waals surface area (Å²) in [4.78, 5) is 14.0. The van der Waals surface area contributed by atoms with E-state index in [-0.39, 0.29) is 0 Å². The predicted molar refractivity (Wildman–Crippen MR) is 125 cm³/mol. The average Bonchev–Trinajstić information content (AvgIpc) is 2.78. The molecule has 30 heavy (non-hydrogen) atoms. The maximum Gasteiger partial charge on any atom is 0.227 e. The smallest absolute Gasteiger partial charge is 0.227 e. The summed E-state index contributed by atoms with van der Waals surface area (Å²) in [5.74, 6) is 1.63. The van der Waals surface area contributed by atoms with Crippen LogP contribution in [0.5, 0.6) is 0 Å². The van der Waals surface area contributed by atoms with Gasteiger partial charge in [-0.25, -0.2) is 4.98 Å². The SMILES string of the molecule is Cc1ccc(C)c(Nc2ccnc(N3CCN(C/C=C/c4ccccc4)CC3)n2)c1. The van der Waals surface area contributed by atoms with Crippen LogP contribution < -0.4 is 10.2 Å². The summed E-state index contributed by atoms with van der Waals surface area (Å²) in [7, 11) is 0. The molecule has 0 radical (unpaired) electrons. The number of piperazine rings is 1. The molecule has 0 saturated carbocycles. The van der Waals surface area contributed by atoms with Gasteiger partial charge in [-0.1, -0.05) is 54.6 Å². The van der Waals surface area contributed by atoms with E-state index >= 15 is 0 Å². The van der Waals surface area contributed by atoms with E-state index in [9.17, 15) is 0 Å². The number of anilines is 3. The Bertz CT molecular complexity index is 991. The number of hydrogen-bond acceptors (Lipinski definition) is 5. The summed E-state index contributed by atoms with van der Waals surface area (Å²) < 4.78 is 0. The lowest BCUT2D eigenvalue weighted by molar-refractivity contribution is 0.283. The van der Waals surface area contributed by atoms with Gasteiger partial charge in [-0.05, 0) is 42.7 Å². The molecule has 5 nitrogen and oxygen atoms in total. The quantitative estimate of drug-likeness (QED) is 0.652. The lowest BCUT2D eigenvalue weighted by Gasteiger charge is -2.34. The first kappa shape index (κ1) is 20.1. The summed E-state index contributed by atoms with van der Waals surface area (Å²) in [6, 6.07) is 18.8. The molecule has 0 unspecified atom stereocenters. The lowest BCUT2D eigenvalue weighted by Crippen LogP contribution is -2.46. The number of aromatic nitrogens is 2. The van der Waals surface area contributed by atoms with Crippen molar-refractivity contribution in [3.63, 3.8) is 0 Å². The molecule has 5 heteroatoms. The molecule has 1 aromatic heterocycles. The van der Waals surface area contributed by atoms with Crippen molar-refractivity contribution in [3.05, 3.63) is 83.6 Å². The zero-order chi connectivity index (χ0) is 20.8. The van der Waals surface area contributed by atoms with Gasteiger partial charge in [-0.15, -0.1) is 0 Å². The first-order valence-corrected chi connectivity index (χ1v) is 10.5. The van der Waals surface area contributed by atoms with E-state index in [2.05, 4.69) is 88.6 Å². The molecule has 0 amide bonds. The topological polar surface area (TPSA) is 44.3 Å².